The van der Waals surface area contributed by atoms with Crippen molar-refractivity contribution in [3.63, 3.8) is 0 Å². The van der Waals surface area contributed by atoms with Gasteiger partial charge in [0.05, 0.1) is 11.6 Å². The average Bonchev–Trinajstić information content (AvgIpc) is 3.09. The van der Waals surface area contributed by atoms with E-state index in [4.69, 9.17) is 4.74 Å². The average molecular weight is 436 g/mol. The molecule has 0 bridgehead atoms. The molecule has 1 aromatic carbocycles. The van der Waals surface area contributed by atoms with E-state index in [0.717, 1.165) is 42.5 Å². The number of pyridine rings is 1. The molecule has 2 aromatic rings. The van der Waals surface area contributed by atoms with Crippen molar-refractivity contribution in [1.82, 2.24) is 4.98 Å². The van der Waals surface area contributed by atoms with Crippen LogP contribution in [0, 0.1) is 41.3 Å². The van der Waals surface area contributed by atoms with Crippen LogP contribution >= 0.6 is 0 Å². The SMILES string of the molecule is C[C@H]1OC(=O)[C@@H]2C[C@@H]3C[C@H](CO)CC[C@H]3[C@H](/C=C/c3ccc(-c4cccc(F)c4)cn3)[C@H]12. The summed E-state index contributed by atoms with van der Waals surface area (Å²) in [6, 6.07) is 10.4. The first-order valence-electron chi connectivity index (χ1n) is 11.7. The van der Waals surface area contributed by atoms with Gasteiger partial charge in [-0.1, -0.05) is 24.3 Å². The first-order chi connectivity index (χ1) is 15.5. The molecule has 5 rings (SSSR count). The Morgan fingerprint density at radius 1 is 1.19 bits per heavy atom. The van der Waals surface area contributed by atoms with Crippen molar-refractivity contribution in [1.29, 1.82) is 0 Å². The number of aliphatic hydroxyl groups excluding tert-OH is 1. The van der Waals surface area contributed by atoms with Gasteiger partial charge < -0.3 is 9.84 Å². The molecule has 1 saturated heterocycles. The lowest BCUT2D eigenvalue weighted by molar-refractivity contribution is -0.144. The Labute approximate surface area is 188 Å². The number of carbonyl (C=O) groups excluding carboxylic acids is 1. The topological polar surface area (TPSA) is 59.4 Å². The van der Waals surface area contributed by atoms with Crippen LogP contribution in [-0.4, -0.2) is 28.8 Å². The second-order valence-corrected chi connectivity index (χ2v) is 9.77. The van der Waals surface area contributed by atoms with Gasteiger partial charge in [0.15, 0.2) is 0 Å². The van der Waals surface area contributed by atoms with E-state index in [0.29, 0.717) is 17.8 Å². The van der Waals surface area contributed by atoms with Crippen LogP contribution < -0.4 is 0 Å². The lowest BCUT2D eigenvalue weighted by Crippen LogP contribution is -2.44. The third-order valence-electron chi connectivity index (χ3n) is 7.95. The van der Waals surface area contributed by atoms with Crippen molar-refractivity contribution >= 4 is 12.0 Å². The molecule has 32 heavy (non-hydrogen) atoms. The fraction of sp³-hybridized carbons (Fsp3) is 0.481. The Bertz CT molecular complexity index is 1000. The molecule has 3 aliphatic rings. The highest BCUT2D eigenvalue weighted by Gasteiger charge is 2.54. The van der Waals surface area contributed by atoms with Gasteiger partial charge in [-0.3, -0.25) is 9.78 Å². The van der Waals surface area contributed by atoms with Gasteiger partial charge in [-0.05, 0) is 86.1 Å². The third-order valence-corrected chi connectivity index (χ3v) is 7.95. The Hall–Kier alpha value is -2.53. The standard InChI is InChI=1S/C27H30FNO3/c1-16-26-24(23-9-5-17(15-30)11-20(23)13-25(26)27(31)32-16)10-8-22-7-6-19(14-29-22)18-3-2-4-21(28)12-18/h2-4,6-8,10,12,14,16-17,20,23-26,30H,5,9,11,13,15H2,1H3/b10-8+/t16-,17-,20+,23-,24+,25-,26+/m1/s1. The summed E-state index contributed by atoms with van der Waals surface area (Å²) in [6.07, 6.45) is 10.0. The number of aliphatic hydroxyl groups is 1. The van der Waals surface area contributed by atoms with Crippen LogP contribution in [0.25, 0.3) is 17.2 Å². The Balaban J connectivity index is 1.38. The molecule has 1 aromatic heterocycles. The maximum absolute atomic E-state index is 13.5. The maximum Gasteiger partial charge on any atom is 0.309 e. The van der Waals surface area contributed by atoms with Crippen molar-refractivity contribution in [2.45, 2.75) is 38.7 Å². The highest BCUT2D eigenvalue weighted by molar-refractivity contribution is 5.75. The minimum Gasteiger partial charge on any atom is -0.462 e. The summed E-state index contributed by atoms with van der Waals surface area (Å²) in [5.41, 5.74) is 2.54. The Morgan fingerprint density at radius 3 is 2.81 bits per heavy atom. The summed E-state index contributed by atoms with van der Waals surface area (Å²) < 4.78 is 19.2. The summed E-state index contributed by atoms with van der Waals surface area (Å²) in [4.78, 5) is 17.1. The van der Waals surface area contributed by atoms with E-state index in [-0.39, 0.29) is 42.3 Å². The quantitative estimate of drug-likeness (QED) is 0.677. The monoisotopic (exact) mass is 435 g/mol. The van der Waals surface area contributed by atoms with E-state index in [1.165, 1.54) is 12.1 Å². The zero-order valence-electron chi connectivity index (χ0n) is 18.4. The van der Waals surface area contributed by atoms with E-state index in [1.807, 2.05) is 25.1 Å². The van der Waals surface area contributed by atoms with Gasteiger partial charge in [0.1, 0.15) is 11.9 Å². The molecule has 0 amide bonds. The zero-order valence-corrected chi connectivity index (χ0v) is 18.4. The van der Waals surface area contributed by atoms with Gasteiger partial charge >= 0.3 is 5.97 Å². The van der Waals surface area contributed by atoms with Gasteiger partial charge in [0.25, 0.3) is 0 Å². The Kier molecular flexibility index (Phi) is 5.85. The van der Waals surface area contributed by atoms with Crippen molar-refractivity contribution in [3.8, 4) is 11.1 Å². The third kappa shape index (κ3) is 3.99. The molecule has 2 aliphatic carbocycles. The van der Waals surface area contributed by atoms with E-state index >= 15 is 0 Å². The van der Waals surface area contributed by atoms with E-state index < -0.39 is 0 Å². The van der Waals surface area contributed by atoms with Crippen LogP contribution in [0.15, 0.2) is 48.7 Å². The highest BCUT2D eigenvalue weighted by atomic mass is 19.1. The van der Waals surface area contributed by atoms with Crippen molar-refractivity contribution in [3.05, 3.63) is 60.2 Å². The van der Waals surface area contributed by atoms with E-state index in [1.54, 1.807) is 12.3 Å². The largest absolute Gasteiger partial charge is 0.462 e. The molecule has 0 radical (unpaired) electrons. The van der Waals surface area contributed by atoms with Crippen LogP contribution in [0.1, 0.15) is 38.3 Å². The van der Waals surface area contributed by atoms with Gasteiger partial charge in [0.2, 0.25) is 0 Å². The van der Waals surface area contributed by atoms with E-state index in [9.17, 15) is 14.3 Å². The zero-order chi connectivity index (χ0) is 22.2. The van der Waals surface area contributed by atoms with Gasteiger partial charge in [-0.15, -0.1) is 0 Å². The number of carbonyl (C=O) groups is 1. The highest BCUT2D eigenvalue weighted by Crippen LogP contribution is 2.54. The molecule has 1 N–H and O–H groups in total. The Morgan fingerprint density at radius 2 is 2.06 bits per heavy atom. The lowest BCUT2D eigenvalue weighted by atomic mass is 9.56. The molecule has 3 fully saturated rings. The first-order valence-corrected chi connectivity index (χ1v) is 11.7. The normalized spacial score (nSPS) is 34.2. The number of aromatic nitrogens is 1. The van der Waals surface area contributed by atoms with Crippen LogP contribution in [-0.2, 0) is 9.53 Å². The first kappa shape index (κ1) is 21.3. The number of fused-ring (bicyclic) bond motifs is 2. The number of esters is 1. The van der Waals surface area contributed by atoms with Gasteiger partial charge in [-0.25, -0.2) is 4.39 Å². The number of halogens is 1. The lowest BCUT2D eigenvalue weighted by Gasteiger charge is -2.47. The van der Waals surface area contributed by atoms with E-state index in [2.05, 4.69) is 17.1 Å². The maximum atomic E-state index is 13.5. The summed E-state index contributed by atoms with van der Waals surface area (Å²) >= 11 is 0. The number of ether oxygens (including phenoxy) is 1. The van der Waals surface area contributed by atoms with Crippen LogP contribution in [0.4, 0.5) is 4.39 Å². The number of allylic oxidation sites excluding steroid dienone is 1. The number of hydrogen-bond donors (Lipinski definition) is 1. The smallest absolute Gasteiger partial charge is 0.309 e. The molecule has 0 unspecified atom stereocenters. The van der Waals surface area contributed by atoms with Crippen LogP contribution in [0.3, 0.4) is 0 Å². The second-order valence-electron chi connectivity index (χ2n) is 9.77. The molecular weight excluding hydrogens is 405 g/mol. The summed E-state index contributed by atoms with van der Waals surface area (Å²) in [5.74, 6) is 1.44. The molecular formula is C27H30FNO3. The molecule has 4 nitrogen and oxygen atoms in total. The van der Waals surface area contributed by atoms with Crippen molar-refractivity contribution in [2.24, 2.45) is 35.5 Å². The fourth-order valence-electron chi connectivity index (χ4n) is 6.43. The molecule has 5 heteroatoms. The number of benzene rings is 1. The second kappa shape index (κ2) is 8.78. The van der Waals surface area contributed by atoms with Gasteiger partial charge in [0, 0.05) is 24.3 Å². The van der Waals surface area contributed by atoms with Crippen molar-refractivity contribution in [2.75, 3.05) is 6.61 Å². The number of cyclic esters (lactones) is 1. The summed E-state index contributed by atoms with van der Waals surface area (Å²) in [5, 5.41) is 9.67. The predicted octanol–water partition coefficient (Wildman–Crippen LogP) is 5.12. The molecule has 7 atom stereocenters. The number of nitrogens with zero attached hydrogens (tertiary/aromatic N) is 1. The number of rotatable bonds is 4. The molecule has 2 saturated carbocycles. The van der Waals surface area contributed by atoms with Crippen LogP contribution in [0.2, 0.25) is 0 Å². The molecule has 0 spiro atoms. The molecule has 1 aliphatic heterocycles. The fourth-order valence-corrected chi connectivity index (χ4v) is 6.43. The summed E-state index contributed by atoms with van der Waals surface area (Å²) in [6.45, 7) is 2.26. The number of hydrogen-bond acceptors (Lipinski definition) is 4. The molecule has 2 heterocycles. The molecule has 168 valence electrons. The van der Waals surface area contributed by atoms with Gasteiger partial charge in [-0.2, -0.15) is 0 Å². The summed E-state index contributed by atoms with van der Waals surface area (Å²) in [7, 11) is 0. The van der Waals surface area contributed by atoms with Crippen molar-refractivity contribution < 1.29 is 19.0 Å². The minimum atomic E-state index is -0.258. The minimum absolute atomic E-state index is 0.0401. The predicted molar refractivity (Wildman–Crippen MR) is 121 cm³/mol. The van der Waals surface area contributed by atoms with Crippen LogP contribution in [0.5, 0.6) is 0 Å².